The predicted molar refractivity (Wildman–Crippen MR) is 242 cm³/mol. The van der Waals surface area contributed by atoms with Gasteiger partial charge in [-0.2, -0.15) is 0 Å². The maximum absolute atomic E-state index is 4.71. The van der Waals surface area contributed by atoms with Crippen LogP contribution in [-0.4, -0.2) is 15.0 Å². The number of rotatable bonds is 6. The minimum atomic E-state index is 0. The monoisotopic (exact) mass is 940 g/mol. The first-order chi connectivity index (χ1) is 28.2. The van der Waals surface area contributed by atoms with E-state index in [-0.39, 0.29) is 25.5 Å². The first-order valence-electron chi connectivity index (χ1n) is 19.7. The molecule has 3 aromatic heterocycles. The summed E-state index contributed by atoms with van der Waals surface area (Å²) in [5.74, 6) is 0. The second-order valence-electron chi connectivity index (χ2n) is 15.6. The summed E-state index contributed by atoms with van der Waals surface area (Å²) >= 11 is 0. The fourth-order valence-electron chi connectivity index (χ4n) is 7.57. The van der Waals surface area contributed by atoms with Gasteiger partial charge in [-0.15, -0.1) is 71.3 Å². The number of hydrogen-bond donors (Lipinski definition) is 0. The van der Waals surface area contributed by atoms with E-state index in [0.29, 0.717) is 0 Å². The van der Waals surface area contributed by atoms with Gasteiger partial charge >= 0.3 is 0 Å². The molecular formula is C55H45IrN3-2. The Morgan fingerprint density at radius 1 is 0.475 bits per heavy atom. The molecule has 3 nitrogen and oxygen atoms in total. The van der Waals surface area contributed by atoms with Gasteiger partial charge < -0.3 is 9.97 Å². The van der Waals surface area contributed by atoms with Crippen molar-refractivity contribution in [2.45, 2.75) is 40.0 Å². The van der Waals surface area contributed by atoms with Crippen molar-refractivity contribution in [3.63, 3.8) is 0 Å². The minimum Gasteiger partial charge on any atom is -0.305 e. The van der Waals surface area contributed by atoms with Gasteiger partial charge in [0.15, 0.2) is 0 Å². The van der Waals surface area contributed by atoms with Crippen molar-refractivity contribution in [1.29, 1.82) is 0 Å². The molecule has 0 aliphatic heterocycles. The summed E-state index contributed by atoms with van der Waals surface area (Å²) in [5, 5.41) is 2.29. The summed E-state index contributed by atoms with van der Waals surface area (Å²) in [7, 11) is 0. The summed E-state index contributed by atoms with van der Waals surface area (Å²) in [6, 6.07) is 61.7. The van der Waals surface area contributed by atoms with E-state index in [4.69, 9.17) is 4.98 Å². The quantitative estimate of drug-likeness (QED) is 0.156. The average molecular weight is 940 g/mol. The standard InChI is InChI=1S/C43H35N2.C12H10N.Ir/c1-29-35(30-12-7-5-8-13-30)18-20-37(31-14-9-6-10-15-31)42(29)39-21-19-36(40-28-44-24-23-38(39)40)32-16-11-17-33(26-32)41-27-34(22-25-45-41)43(2,3)4;1-10-7-8-13-12(9-10)11-5-3-2-4-6-11;/h5-16,18-28H,1-4H3;2-5,7-9H,1H3;/q2*-1;. The molecule has 0 aliphatic rings. The van der Waals surface area contributed by atoms with Crippen LogP contribution in [-0.2, 0) is 25.5 Å². The SMILES string of the molecule is Cc1c(-c2ccccc2)ccc(-c2ccccc2)c1-c1ccc(-c2cc[c-]c(-c3cc(C(C)(C)C)ccn3)c2)c2cnccc12.Cc1ccnc(-c2[c-]cccc2)c1.[Ir]. The molecule has 0 fully saturated rings. The molecule has 0 saturated carbocycles. The largest absolute Gasteiger partial charge is 0.305 e. The number of benzene rings is 6. The molecule has 6 aromatic carbocycles. The van der Waals surface area contributed by atoms with Crippen LogP contribution in [0.4, 0.5) is 0 Å². The van der Waals surface area contributed by atoms with Crippen molar-refractivity contribution in [3.05, 3.63) is 211 Å². The molecule has 291 valence electrons. The Morgan fingerprint density at radius 2 is 1.10 bits per heavy atom. The second kappa shape index (κ2) is 18.1. The van der Waals surface area contributed by atoms with E-state index in [2.05, 4.69) is 178 Å². The van der Waals surface area contributed by atoms with E-state index in [1.165, 1.54) is 55.5 Å². The zero-order valence-electron chi connectivity index (χ0n) is 34.0. The molecular weight excluding hydrogens is 895 g/mol. The number of fused-ring (bicyclic) bond motifs is 1. The molecule has 0 spiro atoms. The molecule has 0 unspecified atom stereocenters. The van der Waals surface area contributed by atoms with Crippen molar-refractivity contribution in [2.75, 3.05) is 0 Å². The predicted octanol–water partition coefficient (Wildman–Crippen LogP) is 14.2. The third-order valence-electron chi connectivity index (χ3n) is 10.6. The first-order valence-corrected chi connectivity index (χ1v) is 19.7. The van der Waals surface area contributed by atoms with Crippen LogP contribution in [0.3, 0.4) is 0 Å². The van der Waals surface area contributed by atoms with Gasteiger partial charge in [-0.05, 0) is 104 Å². The maximum Gasteiger partial charge on any atom is 0.0352 e. The Kier molecular flexibility index (Phi) is 12.5. The molecule has 1 radical (unpaired) electrons. The number of hydrogen-bond acceptors (Lipinski definition) is 3. The fourth-order valence-corrected chi connectivity index (χ4v) is 7.57. The van der Waals surface area contributed by atoms with Crippen molar-refractivity contribution in [3.8, 4) is 67.0 Å². The van der Waals surface area contributed by atoms with E-state index < -0.39 is 0 Å². The zero-order chi connectivity index (χ0) is 40.1. The van der Waals surface area contributed by atoms with Crippen LogP contribution < -0.4 is 0 Å². The Morgan fingerprint density at radius 3 is 1.80 bits per heavy atom. The molecule has 9 rings (SSSR count). The maximum atomic E-state index is 4.71. The molecule has 0 amide bonds. The topological polar surface area (TPSA) is 38.7 Å². The van der Waals surface area contributed by atoms with Crippen LogP contribution in [0.2, 0.25) is 0 Å². The number of pyridine rings is 3. The van der Waals surface area contributed by atoms with Crippen LogP contribution in [0, 0.1) is 26.0 Å². The van der Waals surface area contributed by atoms with E-state index >= 15 is 0 Å². The molecule has 3 heterocycles. The summed E-state index contributed by atoms with van der Waals surface area (Å²) in [6.07, 6.45) is 7.63. The van der Waals surface area contributed by atoms with Gasteiger partial charge in [-0.25, -0.2) is 0 Å². The second-order valence-corrected chi connectivity index (χ2v) is 15.6. The van der Waals surface area contributed by atoms with E-state index in [9.17, 15) is 0 Å². The average Bonchev–Trinajstić information content (AvgIpc) is 3.27. The van der Waals surface area contributed by atoms with E-state index in [1.807, 2.05) is 61.2 Å². The third kappa shape index (κ3) is 9.06. The smallest absolute Gasteiger partial charge is 0.0352 e. The molecule has 4 heteroatoms. The van der Waals surface area contributed by atoms with Crippen LogP contribution in [0.1, 0.15) is 37.5 Å². The van der Waals surface area contributed by atoms with Crippen LogP contribution in [0.25, 0.3) is 77.8 Å². The summed E-state index contributed by atoms with van der Waals surface area (Å²) in [4.78, 5) is 13.6. The zero-order valence-corrected chi connectivity index (χ0v) is 36.4. The van der Waals surface area contributed by atoms with Gasteiger partial charge in [0.1, 0.15) is 0 Å². The summed E-state index contributed by atoms with van der Waals surface area (Å²) < 4.78 is 0. The van der Waals surface area contributed by atoms with Gasteiger partial charge in [0.25, 0.3) is 0 Å². The molecule has 0 atom stereocenters. The van der Waals surface area contributed by atoms with Crippen LogP contribution in [0.15, 0.2) is 183 Å². The Balaban J connectivity index is 0.000000321. The van der Waals surface area contributed by atoms with Gasteiger partial charge in [0.2, 0.25) is 0 Å². The third-order valence-corrected chi connectivity index (χ3v) is 10.6. The van der Waals surface area contributed by atoms with Gasteiger partial charge in [-0.1, -0.05) is 123 Å². The number of aromatic nitrogens is 3. The molecule has 0 bridgehead atoms. The molecule has 0 N–H and O–H groups in total. The first kappa shape index (κ1) is 40.9. The summed E-state index contributed by atoms with van der Waals surface area (Å²) in [5.41, 5.74) is 17.3. The van der Waals surface area contributed by atoms with Crippen molar-refractivity contribution in [2.24, 2.45) is 0 Å². The summed E-state index contributed by atoms with van der Waals surface area (Å²) in [6.45, 7) is 11.0. The molecule has 9 aromatic rings. The number of aryl methyl sites for hydroxylation is 1. The van der Waals surface area contributed by atoms with Crippen molar-refractivity contribution >= 4 is 10.8 Å². The Labute approximate surface area is 362 Å². The molecule has 0 saturated heterocycles. The molecule has 0 aliphatic carbocycles. The fraction of sp³-hybridized carbons (Fsp3) is 0.109. The van der Waals surface area contributed by atoms with Crippen LogP contribution in [0.5, 0.6) is 0 Å². The normalized spacial score (nSPS) is 11.0. The Bertz CT molecular complexity index is 2830. The minimum absolute atomic E-state index is 0. The number of nitrogens with zero attached hydrogens (tertiary/aromatic N) is 3. The van der Waals surface area contributed by atoms with Crippen molar-refractivity contribution < 1.29 is 20.1 Å². The van der Waals surface area contributed by atoms with E-state index in [1.54, 1.807) is 0 Å². The van der Waals surface area contributed by atoms with Crippen molar-refractivity contribution in [1.82, 2.24) is 15.0 Å². The molecule has 59 heavy (non-hydrogen) atoms. The van der Waals surface area contributed by atoms with Gasteiger partial charge in [0.05, 0.1) is 0 Å². The van der Waals surface area contributed by atoms with Gasteiger partial charge in [-0.3, -0.25) is 4.98 Å². The van der Waals surface area contributed by atoms with Crippen LogP contribution >= 0.6 is 0 Å². The van der Waals surface area contributed by atoms with E-state index in [0.717, 1.165) is 39.0 Å². The Hall–Kier alpha value is -6.32. The van der Waals surface area contributed by atoms with Gasteiger partial charge in [0, 0.05) is 50.3 Å².